The van der Waals surface area contributed by atoms with Crippen LogP contribution in [0.1, 0.15) is 44.1 Å². The number of likely N-dealkylation sites (tertiary alicyclic amines) is 1. The summed E-state index contributed by atoms with van der Waals surface area (Å²) in [5.41, 5.74) is 0.111. The van der Waals surface area contributed by atoms with E-state index in [-0.39, 0.29) is 36.2 Å². The highest BCUT2D eigenvalue weighted by Gasteiger charge is 2.57. The van der Waals surface area contributed by atoms with Gasteiger partial charge in [-0.25, -0.2) is 0 Å². The topological polar surface area (TPSA) is 110 Å². The number of hydrogen-bond donors (Lipinski definition) is 2. The first-order valence-electron chi connectivity index (χ1n) is 15.2. The first kappa shape index (κ1) is 29.5. The average molecular weight is 597 g/mol. The zero-order valence-corrected chi connectivity index (χ0v) is 25.0. The quantitative estimate of drug-likeness (QED) is 0.478. The van der Waals surface area contributed by atoms with Gasteiger partial charge in [0.2, 0.25) is 5.91 Å². The number of carbonyl (C=O) groups is 2. The van der Waals surface area contributed by atoms with E-state index < -0.39 is 18.0 Å². The van der Waals surface area contributed by atoms with Gasteiger partial charge in [-0.15, -0.1) is 0 Å². The van der Waals surface area contributed by atoms with Gasteiger partial charge >= 0.3 is 0 Å². The van der Waals surface area contributed by atoms with Gasteiger partial charge in [0.1, 0.15) is 5.75 Å². The van der Waals surface area contributed by atoms with Crippen LogP contribution in [0.3, 0.4) is 0 Å². The molecule has 0 radical (unpaired) electrons. The molecule has 4 heterocycles. The molecule has 1 aromatic carbocycles. The van der Waals surface area contributed by atoms with Crippen LogP contribution in [0, 0.1) is 17.2 Å². The summed E-state index contributed by atoms with van der Waals surface area (Å²) < 4.78 is 13.0. The Balaban J connectivity index is 1.25. The van der Waals surface area contributed by atoms with Crippen LogP contribution in [-0.2, 0) is 20.7 Å². The lowest BCUT2D eigenvalue weighted by molar-refractivity contribution is -0.160. The highest BCUT2D eigenvalue weighted by Crippen LogP contribution is 2.46. The van der Waals surface area contributed by atoms with Crippen molar-refractivity contribution in [1.29, 1.82) is 5.26 Å². The van der Waals surface area contributed by atoms with E-state index in [2.05, 4.69) is 40.1 Å². The van der Waals surface area contributed by atoms with E-state index in [0.717, 1.165) is 37.8 Å². The number of hydrogen-bond acceptors (Lipinski definition) is 9. The molecule has 2 N–H and O–H groups in total. The number of fused-ring (bicyclic) bond motifs is 2. The minimum absolute atomic E-state index is 0.0298. The maximum absolute atomic E-state index is 14.4. The van der Waals surface area contributed by atoms with Gasteiger partial charge in [0.25, 0.3) is 0 Å². The number of carbonyl (C=O) groups excluding carboxylic acids is 2. The van der Waals surface area contributed by atoms with Crippen molar-refractivity contribution in [3.8, 4) is 11.8 Å². The Morgan fingerprint density at radius 1 is 1.26 bits per heavy atom. The first-order chi connectivity index (χ1) is 20.3. The van der Waals surface area contributed by atoms with E-state index >= 15 is 0 Å². The molecule has 1 aliphatic carbocycles. The summed E-state index contributed by atoms with van der Waals surface area (Å²) in [6, 6.07) is 7.62. The molecule has 4 aliphatic heterocycles. The van der Waals surface area contributed by atoms with E-state index in [0.29, 0.717) is 55.9 Å². The molecule has 10 nitrogen and oxygen atoms in total. The minimum Gasteiger partial charge on any atom is -0.478 e. The number of halogens is 1. The molecule has 1 saturated carbocycles. The van der Waals surface area contributed by atoms with E-state index in [1.165, 1.54) is 6.08 Å². The molecule has 7 atom stereocenters. The fraction of sp³-hybridized carbons (Fsp3) is 0.645. The van der Waals surface area contributed by atoms with Crippen LogP contribution in [-0.4, -0.2) is 102 Å². The monoisotopic (exact) mass is 596 g/mol. The number of aryl methyl sites for hydroxylation is 1. The lowest BCUT2D eigenvalue weighted by Gasteiger charge is -2.55. The van der Waals surface area contributed by atoms with Gasteiger partial charge in [-0.3, -0.25) is 25.1 Å². The smallest absolute Gasteiger partial charge is 0.246 e. The van der Waals surface area contributed by atoms with Crippen LogP contribution >= 0.6 is 11.6 Å². The number of nitrogens with one attached hydrogen (secondary N) is 2. The second kappa shape index (κ2) is 12.2. The number of ether oxygens (including phenoxy) is 2. The molecular formula is C31H41ClN6O4. The van der Waals surface area contributed by atoms with Crippen LogP contribution < -0.4 is 15.4 Å². The number of amides is 1. The van der Waals surface area contributed by atoms with Crippen LogP contribution in [0.5, 0.6) is 5.75 Å². The zero-order chi connectivity index (χ0) is 29.4. The fourth-order valence-corrected chi connectivity index (χ4v) is 7.92. The van der Waals surface area contributed by atoms with Gasteiger partial charge in [0, 0.05) is 31.6 Å². The maximum atomic E-state index is 14.4. The first-order valence-corrected chi connectivity index (χ1v) is 15.6. The van der Waals surface area contributed by atoms with Gasteiger partial charge in [-0.05, 0) is 69.8 Å². The standard InChI is InChI=1S/C31H41ClN6O4/c1-3-25(39)38-17-16-37(18-21(38)11-14-33)29-23-10-13-31(12-9-20-6-4-8-24(32)27(20)42-31)28(40)26(23)34-30(35-29)41-19-22-7-5-15-36(22)2/h3-4,6,8,21-23,26,29-30,34-35H,1,5,7,9-13,15-19H2,2H3/t21?,22?,23?,26?,29?,30?,31-/m1/s1. The molecule has 6 unspecified atom stereocenters. The Kier molecular flexibility index (Phi) is 8.60. The Morgan fingerprint density at radius 3 is 2.88 bits per heavy atom. The summed E-state index contributed by atoms with van der Waals surface area (Å²) in [6.45, 7) is 6.91. The van der Waals surface area contributed by atoms with Crippen molar-refractivity contribution in [2.45, 2.75) is 81.2 Å². The highest BCUT2D eigenvalue weighted by atomic mass is 35.5. The number of ketones is 1. The number of likely N-dealkylation sites (N-methyl/N-ethyl adjacent to an activating group) is 1. The van der Waals surface area contributed by atoms with Gasteiger partial charge < -0.3 is 19.3 Å². The molecule has 1 aromatic rings. The summed E-state index contributed by atoms with van der Waals surface area (Å²) >= 11 is 6.53. The molecule has 11 heteroatoms. The van der Waals surface area contributed by atoms with Gasteiger partial charge in [-0.2, -0.15) is 5.26 Å². The number of nitrogens with zero attached hydrogens (tertiary/aromatic N) is 4. The summed E-state index contributed by atoms with van der Waals surface area (Å²) in [4.78, 5) is 33.3. The summed E-state index contributed by atoms with van der Waals surface area (Å²) in [6.07, 6.45) is 5.84. The Bertz CT molecular complexity index is 1260. The number of piperazine rings is 1. The van der Waals surface area contributed by atoms with Crippen molar-refractivity contribution in [3.63, 3.8) is 0 Å². The molecule has 5 aliphatic rings. The summed E-state index contributed by atoms with van der Waals surface area (Å²) in [7, 11) is 2.12. The van der Waals surface area contributed by atoms with Crippen LogP contribution in [0.2, 0.25) is 5.02 Å². The highest BCUT2D eigenvalue weighted by molar-refractivity contribution is 6.32. The predicted octanol–water partition coefficient (Wildman–Crippen LogP) is 2.28. The third-order valence-corrected chi connectivity index (χ3v) is 10.4. The van der Waals surface area contributed by atoms with Crippen LogP contribution in [0.4, 0.5) is 0 Å². The van der Waals surface area contributed by atoms with E-state index in [1.807, 2.05) is 18.2 Å². The van der Waals surface area contributed by atoms with Crippen molar-refractivity contribution >= 4 is 23.3 Å². The number of para-hydroxylation sites is 1. The Hall–Kier alpha value is -2.52. The second-order valence-electron chi connectivity index (χ2n) is 12.4. The molecule has 6 rings (SSSR count). The van der Waals surface area contributed by atoms with Gasteiger partial charge in [0.05, 0.1) is 42.4 Å². The van der Waals surface area contributed by atoms with Crippen LogP contribution in [0.25, 0.3) is 0 Å². The van der Waals surface area contributed by atoms with E-state index in [1.54, 1.807) is 4.90 Å². The number of Topliss-reactive ketones (excluding diaryl/α,β-unsaturated/α-hetero) is 1. The third kappa shape index (κ3) is 5.47. The van der Waals surface area contributed by atoms with E-state index in [4.69, 9.17) is 21.1 Å². The van der Waals surface area contributed by atoms with Crippen molar-refractivity contribution < 1.29 is 19.1 Å². The van der Waals surface area contributed by atoms with E-state index in [9.17, 15) is 14.9 Å². The molecule has 4 fully saturated rings. The third-order valence-electron chi connectivity index (χ3n) is 10.1. The van der Waals surface area contributed by atoms with Gasteiger partial charge in [0.15, 0.2) is 17.7 Å². The van der Waals surface area contributed by atoms with Crippen LogP contribution in [0.15, 0.2) is 30.9 Å². The molecule has 3 saturated heterocycles. The molecule has 42 heavy (non-hydrogen) atoms. The number of rotatable bonds is 6. The SMILES string of the molecule is C=CC(=O)N1CCN(C2NC(OCC3CCCN3C)NC3C(=O)[C@@]4(CCc5cccc(Cl)c5O4)CCC32)CC1CC#N. The fourth-order valence-electron chi connectivity index (χ4n) is 7.68. The normalized spacial score (nSPS) is 35.3. The number of benzene rings is 1. The Morgan fingerprint density at radius 2 is 2.12 bits per heavy atom. The molecule has 226 valence electrons. The molecule has 1 amide bonds. The van der Waals surface area contributed by atoms with Crippen molar-refractivity contribution in [2.24, 2.45) is 5.92 Å². The second-order valence-corrected chi connectivity index (χ2v) is 12.8. The minimum atomic E-state index is -0.928. The van der Waals surface area contributed by atoms with Crippen molar-refractivity contribution in [2.75, 3.05) is 39.8 Å². The largest absolute Gasteiger partial charge is 0.478 e. The Labute approximate surface area is 252 Å². The van der Waals surface area contributed by atoms with Crippen molar-refractivity contribution in [3.05, 3.63) is 41.4 Å². The molecular weight excluding hydrogens is 556 g/mol. The summed E-state index contributed by atoms with van der Waals surface area (Å²) in [5, 5.41) is 17.3. The maximum Gasteiger partial charge on any atom is 0.246 e. The molecule has 0 aromatic heterocycles. The average Bonchev–Trinajstić information content (AvgIpc) is 3.42. The molecule has 1 spiro atoms. The predicted molar refractivity (Wildman–Crippen MR) is 158 cm³/mol. The lowest BCUT2D eigenvalue weighted by atomic mass is 9.69. The lowest BCUT2D eigenvalue weighted by Crippen LogP contribution is -2.76. The molecule has 0 bridgehead atoms. The van der Waals surface area contributed by atoms with Gasteiger partial charge in [-0.1, -0.05) is 30.3 Å². The summed E-state index contributed by atoms with van der Waals surface area (Å²) in [5.74, 6) is 0.493. The number of nitriles is 1. The zero-order valence-electron chi connectivity index (χ0n) is 24.3. The van der Waals surface area contributed by atoms with Crippen molar-refractivity contribution in [1.82, 2.24) is 25.3 Å².